The summed E-state index contributed by atoms with van der Waals surface area (Å²) in [6.45, 7) is 2.59. The minimum absolute atomic E-state index is 0.00240. The van der Waals surface area contributed by atoms with Crippen LogP contribution in [0.5, 0.6) is 0 Å². The number of morpholine rings is 1. The molecule has 1 aliphatic heterocycles. The van der Waals surface area contributed by atoms with Crippen LogP contribution in [0.1, 0.15) is 5.56 Å². The van der Waals surface area contributed by atoms with Gasteiger partial charge in [-0.05, 0) is 17.7 Å². The number of carbonyl (C=O) groups is 1. The Bertz CT molecular complexity index is 438. The number of nitrogens with zero attached hydrogens (tertiary/aromatic N) is 2. The van der Waals surface area contributed by atoms with E-state index in [1.807, 2.05) is 19.2 Å². The molecule has 2 N–H and O–H groups in total. The van der Waals surface area contributed by atoms with Gasteiger partial charge in [0.15, 0.2) is 0 Å². The highest BCUT2D eigenvalue weighted by atomic mass is 16.5. The second-order valence-electron chi connectivity index (χ2n) is 4.47. The number of anilines is 1. The van der Waals surface area contributed by atoms with Crippen molar-refractivity contribution >= 4 is 11.7 Å². The maximum Gasteiger partial charge on any atom is 0.239 e. The van der Waals surface area contributed by atoms with Crippen molar-refractivity contribution in [1.29, 1.82) is 0 Å². The van der Waals surface area contributed by atoms with Crippen molar-refractivity contribution in [2.75, 3.05) is 39.2 Å². The Kier molecular flexibility index (Phi) is 4.70. The highest BCUT2D eigenvalue weighted by Crippen LogP contribution is 2.14. The molecule has 0 spiro atoms. The molecular formula is C13H20N4O2. The zero-order valence-electron chi connectivity index (χ0n) is 11.3. The van der Waals surface area contributed by atoms with Gasteiger partial charge in [0.05, 0.1) is 13.2 Å². The second kappa shape index (κ2) is 6.49. The van der Waals surface area contributed by atoms with Gasteiger partial charge in [-0.2, -0.15) is 0 Å². The third kappa shape index (κ3) is 3.42. The van der Waals surface area contributed by atoms with Crippen LogP contribution >= 0.6 is 0 Å². The summed E-state index contributed by atoms with van der Waals surface area (Å²) in [4.78, 5) is 18.2. The van der Waals surface area contributed by atoms with Gasteiger partial charge in [-0.1, -0.05) is 0 Å². The molecule has 2 heterocycles. The van der Waals surface area contributed by atoms with Gasteiger partial charge in [0.2, 0.25) is 5.91 Å². The molecule has 2 rings (SSSR count). The number of pyridine rings is 1. The van der Waals surface area contributed by atoms with Gasteiger partial charge in [0.1, 0.15) is 11.9 Å². The van der Waals surface area contributed by atoms with Crippen LogP contribution in [-0.4, -0.2) is 55.7 Å². The molecule has 1 saturated heterocycles. The summed E-state index contributed by atoms with van der Waals surface area (Å²) >= 11 is 0. The first-order valence-corrected chi connectivity index (χ1v) is 6.40. The lowest BCUT2D eigenvalue weighted by atomic mass is 10.1. The zero-order chi connectivity index (χ0) is 13.7. The minimum Gasteiger partial charge on any atom is -0.378 e. The molecule has 0 aromatic carbocycles. The van der Waals surface area contributed by atoms with Crippen LogP contribution in [0.4, 0.5) is 5.82 Å². The van der Waals surface area contributed by atoms with Crippen molar-refractivity contribution in [3.05, 3.63) is 23.9 Å². The first kappa shape index (κ1) is 13.8. The molecule has 1 unspecified atom stereocenters. The summed E-state index contributed by atoms with van der Waals surface area (Å²) in [6.07, 6.45) is 1.77. The smallest absolute Gasteiger partial charge is 0.239 e. The standard InChI is InChI=1S/C13H20N4O2/c1-14-12-7-10(3-4-16-12)8-17-5-6-19-9-11(17)13(18)15-2/h3-4,7,11H,5-6,8-9H2,1-2H3,(H,14,16)(H,15,18). The van der Waals surface area contributed by atoms with Gasteiger partial charge in [-0.25, -0.2) is 4.98 Å². The molecular weight excluding hydrogens is 244 g/mol. The summed E-state index contributed by atoms with van der Waals surface area (Å²) in [5, 5.41) is 5.70. The summed E-state index contributed by atoms with van der Waals surface area (Å²) in [7, 11) is 3.49. The quantitative estimate of drug-likeness (QED) is 0.805. The molecule has 1 aromatic rings. The van der Waals surface area contributed by atoms with E-state index in [-0.39, 0.29) is 11.9 Å². The summed E-state index contributed by atoms with van der Waals surface area (Å²) in [6, 6.07) is 3.75. The fourth-order valence-corrected chi connectivity index (χ4v) is 2.18. The number of aromatic nitrogens is 1. The Morgan fingerprint density at radius 3 is 3.16 bits per heavy atom. The predicted molar refractivity (Wildman–Crippen MR) is 72.9 cm³/mol. The van der Waals surface area contributed by atoms with E-state index >= 15 is 0 Å². The fraction of sp³-hybridized carbons (Fsp3) is 0.538. The molecule has 0 saturated carbocycles. The van der Waals surface area contributed by atoms with E-state index in [0.717, 1.165) is 24.5 Å². The number of rotatable bonds is 4. The molecule has 0 aliphatic carbocycles. The molecule has 0 radical (unpaired) electrons. The fourth-order valence-electron chi connectivity index (χ4n) is 2.18. The monoisotopic (exact) mass is 264 g/mol. The third-order valence-corrected chi connectivity index (χ3v) is 3.25. The van der Waals surface area contributed by atoms with Crippen LogP contribution in [0.2, 0.25) is 0 Å². The van der Waals surface area contributed by atoms with Gasteiger partial charge in [-0.3, -0.25) is 9.69 Å². The molecule has 1 aromatic heterocycles. The van der Waals surface area contributed by atoms with E-state index in [4.69, 9.17) is 4.74 Å². The van der Waals surface area contributed by atoms with Gasteiger partial charge in [-0.15, -0.1) is 0 Å². The maximum atomic E-state index is 11.8. The van der Waals surface area contributed by atoms with E-state index in [2.05, 4.69) is 20.5 Å². The van der Waals surface area contributed by atoms with Crippen molar-refractivity contribution in [1.82, 2.24) is 15.2 Å². The highest BCUT2D eigenvalue weighted by Gasteiger charge is 2.28. The first-order valence-electron chi connectivity index (χ1n) is 6.40. The first-order chi connectivity index (χ1) is 9.24. The number of likely N-dealkylation sites (N-methyl/N-ethyl adjacent to an activating group) is 1. The molecule has 0 bridgehead atoms. The number of hydrogen-bond acceptors (Lipinski definition) is 5. The molecule has 1 aliphatic rings. The number of nitrogens with one attached hydrogen (secondary N) is 2. The summed E-state index contributed by atoms with van der Waals surface area (Å²) in [5.74, 6) is 0.838. The Hall–Kier alpha value is -1.66. The lowest BCUT2D eigenvalue weighted by Gasteiger charge is -2.34. The third-order valence-electron chi connectivity index (χ3n) is 3.25. The molecule has 1 atom stereocenters. The molecule has 19 heavy (non-hydrogen) atoms. The number of amides is 1. The topological polar surface area (TPSA) is 66.5 Å². The van der Waals surface area contributed by atoms with Gasteiger partial charge in [0, 0.05) is 33.4 Å². The van der Waals surface area contributed by atoms with E-state index in [0.29, 0.717) is 13.2 Å². The molecule has 1 fully saturated rings. The molecule has 6 heteroatoms. The van der Waals surface area contributed by atoms with Crippen LogP contribution in [0.25, 0.3) is 0 Å². The van der Waals surface area contributed by atoms with Gasteiger partial charge in [0.25, 0.3) is 0 Å². The van der Waals surface area contributed by atoms with Crippen LogP contribution in [-0.2, 0) is 16.1 Å². The molecule has 1 amide bonds. The van der Waals surface area contributed by atoms with Crippen LogP contribution < -0.4 is 10.6 Å². The van der Waals surface area contributed by atoms with E-state index in [1.165, 1.54) is 0 Å². The number of ether oxygens (including phenoxy) is 1. The lowest BCUT2D eigenvalue weighted by molar-refractivity contribution is -0.132. The van der Waals surface area contributed by atoms with Gasteiger partial charge >= 0.3 is 0 Å². The summed E-state index contributed by atoms with van der Waals surface area (Å²) in [5.41, 5.74) is 1.13. The van der Waals surface area contributed by atoms with E-state index in [1.54, 1.807) is 13.2 Å². The SMILES string of the molecule is CNC(=O)C1COCCN1Cc1ccnc(NC)c1. The van der Waals surface area contributed by atoms with Crippen molar-refractivity contribution in [2.24, 2.45) is 0 Å². The van der Waals surface area contributed by atoms with Crippen molar-refractivity contribution in [3.8, 4) is 0 Å². The second-order valence-corrected chi connectivity index (χ2v) is 4.47. The Labute approximate surface area is 113 Å². The van der Waals surface area contributed by atoms with Crippen molar-refractivity contribution in [2.45, 2.75) is 12.6 Å². The van der Waals surface area contributed by atoms with Crippen molar-refractivity contribution < 1.29 is 9.53 Å². The Morgan fingerprint density at radius 1 is 1.58 bits per heavy atom. The minimum atomic E-state index is -0.218. The molecule has 6 nitrogen and oxygen atoms in total. The van der Waals surface area contributed by atoms with E-state index < -0.39 is 0 Å². The van der Waals surface area contributed by atoms with Crippen LogP contribution in [0.15, 0.2) is 18.3 Å². The van der Waals surface area contributed by atoms with E-state index in [9.17, 15) is 4.79 Å². The normalized spacial score (nSPS) is 20.0. The number of hydrogen-bond donors (Lipinski definition) is 2. The van der Waals surface area contributed by atoms with Gasteiger partial charge < -0.3 is 15.4 Å². The summed E-state index contributed by atoms with van der Waals surface area (Å²) < 4.78 is 5.39. The largest absolute Gasteiger partial charge is 0.378 e. The maximum absolute atomic E-state index is 11.8. The Morgan fingerprint density at radius 2 is 2.42 bits per heavy atom. The Balaban J connectivity index is 2.08. The van der Waals surface area contributed by atoms with Crippen LogP contribution in [0.3, 0.4) is 0 Å². The number of carbonyl (C=O) groups excluding carboxylic acids is 1. The van der Waals surface area contributed by atoms with Crippen molar-refractivity contribution in [3.63, 3.8) is 0 Å². The molecule has 104 valence electrons. The average molecular weight is 264 g/mol. The highest BCUT2D eigenvalue weighted by molar-refractivity contribution is 5.81. The predicted octanol–water partition coefficient (Wildman–Crippen LogP) is 0.0701. The lowest BCUT2D eigenvalue weighted by Crippen LogP contribution is -2.52. The average Bonchev–Trinajstić information content (AvgIpc) is 2.47. The zero-order valence-corrected chi connectivity index (χ0v) is 11.3. The van der Waals surface area contributed by atoms with Crippen LogP contribution in [0, 0.1) is 0 Å².